The Morgan fingerprint density at radius 3 is 2.67 bits per heavy atom. The predicted octanol–water partition coefficient (Wildman–Crippen LogP) is 3.36. The van der Waals surface area contributed by atoms with Crippen LogP contribution in [0.2, 0.25) is 0 Å². The van der Waals surface area contributed by atoms with Crippen LogP contribution in [0.25, 0.3) is 0 Å². The fourth-order valence-corrected chi connectivity index (χ4v) is 3.00. The second-order valence-corrected chi connectivity index (χ2v) is 5.78. The molecular formula is C14H23NO2S. The van der Waals surface area contributed by atoms with E-state index < -0.39 is 10.8 Å². The maximum absolute atomic E-state index is 12.2. The Hall–Kier alpha value is -1.03. The molecule has 0 saturated carbocycles. The lowest BCUT2D eigenvalue weighted by molar-refractivity contribution is 0.339. The van der Waals surface area contributed by atoms with E-state index in [9.17, 15) is 4.21 Å². The molecule has 2 N–H and O–H groups in total. The molecule has 0 saturated heterocycles. The van der Waals surface area contributed by atoms with Gasteiger partial charge < -0.3 is 10.5 Å². The molecule has 0 fully saturated rings. The minimum Gasteiger partial charge on any atom is -0.494 e. The molecule has 1 aromatic rings. The molecule has 1 aromatic carbocycles. The number of hydrogen-bond acceptors (Lipinski definition) is 3. The molecule has 0 aliphatic rings. The Labute approximate surface area is 112 Å². The maximum atomic E-state index is 12.2. The van der Waals surface area contributed by atoms with Crippen molar-refractivity contribution < 1.29 is 8.95 Å². The first-order valence-corrected chi connectivity index (χ1v) is 7.91. The molecule has 18 heavy (non-hydrogen) atoms. The number of benzene rings is 1. The smallest absolute Gasteiger partial charge is 0.120 e. The zero-order valence-corrected chi connectivity index (χ0v) is 12.1. The molecule has 1 unspecified atom stereocenters. The van der Waals surface area contributed by atoms with Gasteiger partial charge >= 0.3 is 0 Å². The largest absolute Gasteiger partial charge is 0.494 e. The van der Waals surface area contributed by atoms with Gasteiger partial charge in [-0.25, -0.2) is 0 Å². The fourth-order valence-electron chi connectivity index (χ4n) is 1.74. The van der Waals surface area contributed by atoms with E-state index in [-0.39, 0.29) is 0 Å². The molecule has 4 heteroatoms. The molecule has 102 valence electrons. The number of anilines is 1. The van der Waals surface area contributed by atoms with Gasteiger partial charge in [0, 0.05) is 11.4 Å². The summed E-state index contributed by atoms with van der Waals surface area (Å²) in [5, 5.41) is 0. The molecule has 0 aliphatic carbocycles. The first-order chi connectivity index (χ1) is 8.69. The SMILES string of the molecule is CCCCCCS(=O)c1cc(OCC)ccc1N. The second kappa shape index (κ2) is 8.14. The quantitative estimate of drug-likeness (QED) is 0.581. The summed E-state index contributed by atoms with van der Waals surface area (Å²) < 4.78 is 17.6. The van der Waals surface area contributed by atoms with Gasteiger partial charge in [0.2, 0.25) is 0 Å². The van der Waals surface area contributed by atoms with Crippen molar-refractivity contribution in [3.63, 3.8) is 0 Å². The lowest BCUT2D eigenvalue weighted by atomic mass is 10.2. The van der Waals surface area contributed by atoms with Crippen LogP contribution in [0, 0.1) is 0 Å². The van der Waals surface area contributed by atoms with Crippen molar-refractivity contribution >= 4 is 16.5 Å². The number of unbranched alkanes of at least 4 members (excludes halogenated alkanes) is 3. The van der Waals surface area contributed by atoms with Gasteiger partial charge in [-0.1, -0.05) is 26.2 Å². The highest BCUT2D eigenvalue weighted by atomic mass is 32.2. The highest BCUT2D eigenvalue weighted by Crippen LogP contribution is 2.23. The summed E-state index contributed by atoms with van der Waals surface area (Å²) in [5.41, 5.74) is 6.46. The van der Waals surface area contributed by atoms with Gasteiger partial charge in [0.15, 0.2) is 0 Å². The van der Waals surface area contributed by atoms with E-state index in [1.807, 2.05) is 13.0 Å². The molecule has 1 atom stereocenters. The van der Waals surface area contributed by atoms with E-state index in [4.69, 9.17) is 10.5 Å². The Bertz CT molecular complexity index is 393. The molecule has 0 radical (unpaired) electrons. The standard InChI is InChI=1S/C14H23NO2S/c1-3-5-6-7-10-18(16)14-11-12(17-4-2)8-9-13(14)15/h8-9,11H,3-7,10,15H2,1-2H3. The predicted molar refractivity (Wildman–Crippen MR) is 77.4 cm³/mol. The minimum atomic E-state index is -1.02. The fraction of sp³-hybridized carbons (Fsp3) is 0.571. The average Bonchev–Trinajstić information content (AvgIpc) is 2.37. The second-order valence-electron chi connectivity index (χ2n) is 4.24. The van der Waals surface area contributed by atoms with Crippen molar-refractivity contribution in [2.24, 2.45) is 0 Å². The van der Waals surface area contributed by atoms with E-state index in [0.717, 1.165) is 18.6 Å². The number of rotatable bonds is 8. The van der Waals surface area contributed by atoms with Crippen LogP contribution < -0.4 is 10.5 Å². The Kier molecular flexibility index (Phi) is 6.80. The van der Waals surface area contributed by atoms with Gasteiger partial charge in [0.25, 0.3) is 0 Å². The summed E-state index contributed by atoms with van der Waals surface area (Å²) in [4.78, 5) is 0.706. The zero-order valence-electron chi connectivity index (χ0n) is 11.3. The number of hydrogen-bond donors (Lipinski definition) is 1. The van der Waals surface area contributed by atoms with E-state index >= 15 is 0 Å². The summed E-state index contributed by atoms with van der Waals surface area (Å²) in [7, 11) is -1.02. The zero-order chi connectivity index (χ0) is 13.4. The molecule has 1 rings (SSSR count). The van der Waals surface area contributed by atoms with Gasteiger partial charge in [-0.3, -0.25) is 4.21 Å². The molecule has 0 amide bonds. The molecule has 0 spiro atoms. The van der Waals surface area contributed by atoms with Crippen LogP contribution in [-0.2, 0) is 10.8 Å². The topological polar surface area (TPSA) is 52.3 Å². The van der Waals surface area contributed by atoms with Crippen molar-refractivity contribution in [1.82, 2.24) is 0 Å². The molecule has 0 aromatic heterocycles. The highest BCUT2D eigenvalue weighted by molar-refractivity contribution is 7.85. The molecule has 3 nitrogen and oxygen atoms in total. The molecule has 0 bridgehead atoms. The Morgan fingerprint density at radius 1 is 1.22 bits per heavy atom. The van der Waals surface area contributed by atoms with E-state index in [0.29, 0.717) is 22.9 Å². The minimum absolute atomic E-state index is 0.590. The monoisotopic (exact) mass is 269 g/mol. The van der Waals surface area contributed by atoms with Gasteiger partial charge in [-0.15, -0.1) is 0 Å². The van der Waals surface area contributed by atoms with Crippen molar-refractivity contribution in [2.45, 2.75) is 44.4 Å². The summed E-state index contributed by atoms with van der Waals surface area (Å²) in [6.45, 7) is 4.70. The van der Waals surface area contributed by atoms with E-state index in [1.54, 1.807) is 12.1 Å². The molecular weight excluding hydrogens is 246 g/mol. The molecule has 0 aliphatic heterocycles. The third-order valence-electron chi connectivity index (χ3n) is 2.72. The van der Waals surface area contributed by atoms with Crippen molar-refractivity contribution in [2.75, 3.05) is 18.1 Å². The van der Waals surface area contributed by atoms with Crippen LogP contribution >= 0.6 is 0 Å². The van der Waals surface area contributed by atoms with Crippen LogP contribution in [0.15, 0.2) is 23.1 Å². The van der Waals surface area contributed by atoms with Crippen molar-refractivity contribution in [3.05, 3.63) is 18.2 Å². The average molecular weight is 269 g/mol. The van der Waals surface area contributed by atoms with Crippen LogP contribution in [-0.4, -0.2) is 16.6 Å². The third-order valence-corrected chi connectivity index (χ3v) is 4.23. The van der Waals surface area contributed by atoms with E-state index in [1.165, 1.54) is 12.8 Å². The Balaban J connectivity index is 2.63. The number of nitrogens with two attached hydrogens (primary N) is 1. The van der Waals surface area contributed by atoms with Gasteiger partial charge in [0.1, 0.15) is 5.75 Å². The van der Waals surface area contributed by atoms with Crippen LogP contribution in [0.5, 0.6) is 5.75 Å². The lowest BCUT2D eigenvalue weighted by Gasteiger charge is -2.09. The number of ether oxygens (including phenoxy) is 1. The summed E-state index contributed by atoms with van der Waals surface area (Å²) in [6.07, 6.45) is 4.51. The van der Waals surface area contributed by atoms with Crippen LogP contribution in [0.3, 0.4) is 0 Å². The van der Waals surface area contributed by atoms with Crippen LogP contribution in [0.4, 0.5) is 5.69 Å². The lowest BCUT2D eigenvalue weighted by Crippen LogP contribution is -2.03. The summed E-state index contributed by atoms with van der Waals surface area (Å²) in [5.74, 6) is 1.42. The van der Waals surface area contributed by atoms with Gasteiger partial charge in [0.05, 0.1) is 22.3 Å². The first-order valence-electron chi connectivity index (χ1n) is 6.59. The summed E-state index contributed by atoms with van der Waals surface area (Å²) >= 11 is 0. The van der Waals surface area contributed by atoms with Crippen molar-refractivity contribution in [1.29, 1.82) is 0 Å². The summed E-state index contributed by atoms with van der Waals surface area (Å²) in [6, 6.07) is 5.38. The van der Waals surface area contributed by atoms with E-state index in [2.05, 4.69) is 6.92 Å². The Morgan fingerprint density at radius 2 is 2.00 bits per heavy atom. The third kappa shape index (κ3) is 4.69. The first kappa shape index (κ1) is 15.0. The molecule has 0 heterocycles. The van der Waals surface area contributed by atoms with Gasteiger partial charge in [-0.05, 0) is 31.5 Å². The van der Waals surface area contributed by atoms with Crippen LogP contribution in [0.1, 0.15) is 39.5 Å². The van der Waals surface area contributed by atoms with Gasteiger partial charge in [-0.2, -0.15) is 0 Å². The van der Waals surface area contributed by atoms with Crippen molar-refractivity contribution in [3.8, 4) is 5.75 Å². The maximum Gasteiger partial charge on any atom is 0.120 e. The normalized spacial score (nSPS) is 12.3. The highest BCUT2D eigenvalue weighted by Gasteiger charge is 2.09. The number of nitrogen functional groups attached to an aromatic ring is 1.